The Morgan fingerprint density at radius 3 is 2.21 bits per heavy atom. The van der Waals surface area contributed by atoms with Crippen molar-refractivity contribution in [1.29, 1.82) is 0 Å². The molecule has 4 nitrogen and oxygen atoms in total. The highest BCUT2D eigenvalue weighted by Gasteiger charge is 2.31. The molecule has 3 aromatic carbocycles. The van der Waals surface area contributed by atoms with E-state index in [4.69, 9.17) is 0 Å². The first kappa shape index (κ1) is 25.7. The Hall–Kier alpha value is -2.92. The third kappa shape index (κ3) is 7.29. The Morgan fingerprint density at radius 2 is 1.56 bits per heavy atom. The van der Waals surface area contributed by atoms with Gasteiger partial charge in [0.2, 0.25) is 11.8 Å². The molecule has 2 amide bonds. The van der Waals surface area contributed by atoms with E-state index in [1.54, 1.807) is 4.90 Å². The van der Waals surface area contributed by atoms with E-state index in [1.165, 1.54) is 0 Å². The molecular formula is C29H33BrN2O2. The number of nitrogens with one attached hydrogen (secondary N) is 1. The summed E-state index contributed by atoms with van der Waals surface area (Å²) >= 11 is 3.48. The van der Waals surface area contributed by atoms with Gasteiger partial charge in [-0.3, -0.25) is 9.59 Å². The number of benzene rings is 3. The van der Waals surface area contributed by atoms with Crippen LogP contribution < -0.4 is 5.32 Å². The van der Waals surface area contributed by atoms with E-state index < -0.39 is 6.04 Å². The summed E-state index contributed by atoms with van der Waals surface area (Å²) in [6, 6.07) is 25.1. The molecule has 0 aromatic heterocycles. The van der Waals surface area contributed by atoms with Crippen molar-refractivity contribution in [2.24, 2.45) is 0 Å². The van der Waals surface area contributed by atoms with Gasteiger partial charge in [-0.25, -0.2) is 0 Å². The average molecular weight is 521 g/mol. The lowest BCUT2D eigenvalue weighted by Crippen LogP contribution is -2.52. The first-order chi connectivity index (χ1) is 16.4. The first-order valence-corrected chi connectivity index (χ1v) is 12.6. The van der Waals surface area contributed by atoms with Gasteiger partial charge in [0.1, 0.15) is 6.04 Å². The topological polar surface area (TPSA) is 49.4 Å². The van der Waals surface area contributed by atoms with Gasteiger partial charge in [-0.2, -0.15) is 0 Å². The van der Waals surface area contributed by atoms with Crippen molar-refractivity contribution in [3.63, 3.8) is 0 Å². The third-order valence-corrected chi connectivity index (χ3v) is 6.67. The molecule has 0 radical (unpaired) electrons. The smallest absolute Gasteiger partial charge is 0.243 e. The van der Waals surface area contributed by atoms with Crippen LogP contribution >= 0.6 is 15.9 Å². The van der Waals surface area contributed by atoms with Crippen LogP contribution in [0.25, 0.3) is 0 Å². The van der Waals surface area contributed by atoms with E-state index >= 15 is 0 Å². The summed E-state index contributed by atoms with van der Waals surface area (Å²) < 4.78 is 0.976. The minimum Gasteiger partial charge on any atom is -0.352 e. The molecule has 0 unspecified atom stereocenters. The van der Waals surface area contributed by atoms with Crippen LogP contribution in [0.5, 0.6) is 0 Å². The Balaban J connectivity index is 1.97. The highest BCUT2D eigenvalue weighted by molar-refractivity contribution is 9.10. The van der Waals surface area contributed by atoms with Crippen LogP contribution in [-0.2, 0) is 29.0 Å². The maximum absolute atomic E-state index is 13.8. The second-order valence-electron chi connectivity index (χ2n) is 8.77. The van der Waals surface area contributed by atoms with Gasteiger partial charge in [-0.1, -0.05) is 89.6 Å². The number of hydrogen-bond acceptors (Lipinski definition) is 2. The summed E-state index contributed by atoms with van der Waals surface area (Å²) in [4.78, 5) is 29.0. The maximum Gasteiger partial charge on any atom is 0.243 e. The molecule has 2 atom stereocenters. The van der Waals surface area contributed by atoms with Crippen LogP contribution in [-0.4, -0.2) is 28.8 Å². The van der Waals surface area contributed by atoms with Crippen molar-refractivity contribution < 1.29 is 9.59 Å². The van der Waals surface area contributed by atoms with Gasteiger partial charge in [0.15, 0.2) is 0 Å². The Labute approximate surface area is 211 Å². The molecule has 3 rings (SSSR count). The SMILES string of the molecule is CC[C@H](C)NC(=O)[C@@H](Cc1ccccc1)N(Cc1ccc(Br)cc1)C(=O)Cc1ccccc1C. The van der Waals surface area contributed by atoms with E-state index in [0.717, 1.165) is 33.1 Å². The molecule has 3 aromatic rings. The highest BCUT2D eigenvalue weighted by atomic mass is 79.9. The third-order valence-electron chi connectivity index (χ3n) is 6.14. The van der Waals surface area contributed by atoms with Crippen molar-refractivity contribution in [1.82, 2.24) is 10.2 Å². The molecule has 0 saturated carbocycles. The fraction of sp³-hybridized carbons (Fsp3) is 0.310. The molecule has 1 N–H and O–H groups in total. The summed E-state index contributed by atoms with van der Waals surface area (Å²) in [5.41, 5.74) is 4.06. The van der Waals surface area contributed by atoms with Crippen LogP contribution in [0.15, 0.2) is 83.3 Å². The number of aryl methyl sites for hydroxylation is 1. The molecule has 0 heterocycles. The average Bonchev–Trinajstić information content (AvgIpc) is 2.84. The van der Waals surface area contributed by atoms with Crippen molar-refractivity contribution in [2.45, 2.75) is 58.7 Å². The predicted molar refractivity (Wildman–Crippen MR) is 141 cm³/mol. The van der Waals surface area contributed by atoms with Crippen LogP contribution in [0, 0.1) is 6.92 Å². The van der Waals surface area contributed by atoms with E-state index in [-0.39, 0.29) is 24.3 Å². The molecule has 0 saturated heterocycles. The van der Waals surface area contributed by atoms with Crippen molar-refractivity contribution in [3.8, 4) is 0 Å². The fourth-order valence-electron chi connectivity index (χ4n) is 3.85. The van der Waals surface area contributed by atoms with Crippen LogP contribution in [0.4, 0.5) is 0 Å². The molecule has 0 bridgehead atoms. The lowest BCUT2D eigenvalue weighted by Gasteiger charge is -2.32. The van der Waals surface area contributed by atoms with E-state index in [1.807, 2.05) is 99.6 Å². The minimum atomic E-state index is -0.614. The molecule has 34 heavy (non-hydrogen) atoms. The Morgan fingerprint density at radius 1 is 0.912 bits per heavy atom. The van der Waals surface area contributed by atoms with Gasteiger partial charge in [0, 0.05) is 23.5 Å². The molecule has 0 spiro atoms. The second kappa shape index (κ2) is 12.5. The number of rotatable bonds is 10. The summed E-state index contributed by atoms with van der Waals surface area (Å²) in [6.07, 6.45) is 1.54. The zero-order valence-corrected chi connectivity index (χ0v) is 21.7. The van der Waals surface area contributed by atoms with Gasteiger partial charge in [0.25, 0.3) is 0 Å². The minimum absolute atomic E-state index is 0.0340. The first-order valence-electron chi connectivity index (χ1n) is 11.8. The molecule has 178 valence electrons. The molecule has 5 heteroatoms. The van der Waals surface area contributed by atoms with Crippen molar-refractivity contribution >= 4 is 27.7 Å². The largest absolute Gasteiger partial charge is 0.352 e. The number of nitrogens with zero attached hydrogens (tertiary/aromatic N) is 1. The number of carbonyl (C=O) groups is 2. The molecule has 0 aliphatic heterocycles. The summed E-state index contributed by atoms with van der Waals surface area (Å²) in [5.74, 6) is -0.175. The molecular weight excluding hydrogens is 488 g/mol. The van der Waals surface area contributed by atoms with Gasteiger partial charge in [-0.05, 0) is 54.7 Å². The number of halogens is 1. The van der Waals surface area contributed by atoms with Gasteiger partial charge >= 0.3 is 0 Å². The highest BCUT2D eigenvalue weighted by Crippen LogP contribution is 2.19. The van der Waals surface area contributed by atoms with Crippen LogP contribution in [0.1, 0.15) is 42.5 Å². The molecule has 0 aliphatic carbocycles. The van der Waals surface area contributed by atoms with E-state index in [9.17, 15) is 9.59 Å². The number of amides is 2. The monoisotopic (exact) mass is 520 g/mol. The predicted octanol–water partition coefficient (Wildman–Crippen LogP) is 5.85. The maximum atomic E-state index is 13.8. The van der Waals surface area contributed by atoms with Crippen LogP contribution in [0.3, 0.4) is 0 Å². The van der Waals surface area contributed by atoms with Crippen molar-refractivity contribution in [3.05, 3.63) is 106 Å². The van der Waals surface area contributed by atoms with Gasteiger partial charge in [-0.15, -0.1) is 0 Å². The molecule has 0 aliphatic rings. The lowest BCUT2D eigenvalue weighted by molar-refractivity contribution is -0.141. The summed E-state index contributed by atoms with van der Waals surface area (Å²) in [7, 11) is 0. The number of hydrogen-bond donors (Lipinski definition) is 1. The van der Waals surface area contributed by atoms with Gasteiger partial charge in [0.05, 0.1) is 6.42 Å². The Bertz CT molecular complexity index is 1080. The normalized spacial score (nSPS) is 12.6. The van der Waals surface area contributed by atoms with E-state index in [2.05, 4.69) is 21.2 Å². The lowest BCUT2D eigenvalue weighted by atomic mass is 10.00. The van der Waals surface area contributed by atoms with Crippen LogP contribution in [0.2, 0.25) is 0 Å². The Kier molecular flexibility index (Phi) is 9.46. The standard InChI is InChI=1S/C29H33BrN2O2/c1-4-22(3)31-29(34)27(18-23-11-6-5-7-12-23)32(20-24-14-16-26(30)17-15-24)28(33)19-25-13-9-8-10-21(25)2/h5-17,22,27H,4,18-20H2,1-3H3,(H,31,34)/t22-,27+/m0/s1. The van der Waals surface area contributed by atoms with E-state index in [0.29, 0.717) is 13.0 Å². The quantitative estimate of drug-likeness (QED) is 0.364. The van der Waals surface area contributed by atoms with Gasteiger partial charge < -0.3 is 10.2 Å². The number of carbonyl (C=O) groups excluding carboxylic acids is 2. The zero-order valence-electron chi connectivity index (χ0n) is 20.1. The molecule has 0 fully saturated rings. The second-order valence-corrected chi connectivity index (χ2v) is 9.69. The summed E-state index contributed by atoms with van der Waals surface area (Å²) in [6.45, 7) is 6.41. The van der Waals surface area contributed by atoms with Crippen molar-refractivity contribution in [2.75, 3.05) is 0 Å². The summed E-state index contributed by atoms with van der Waals surface area (Å²) in [5, 5.41) is 3.12. The fourth-order valence-corrected chi connectivity index (χ4v) is 4.12. The zero-order chi connectivity index (χ0) is 24.5.